The van der Waals surface area contributed by atoms with Crippen LogP contribution < -0.4 is 14.5 Å². The average Bonchev–Trinajstić information content (AvgIpc) is 2.78. The molecule has 0 atom stereocenters. The molecule has 0 radical (unpaired) electrons. The Hall–Kier alpha value is -3.40. The van der Waals surface area contributed by atoms with Gasteiger partial charge in [-0.25, -0.2) is 8.42 Å². The number of hydrazine groups is 1. The van der Waals surface area contributed by atoms with Crippen molar-refractivity contribution < 1.29 is 23.2 Å². The molecule has 0 fully saturated rings. The molecule has 0 heterocycles. The molecule has 168 valence electrons. The fourth-order valence-corrected chi connectivity index (χ4v) is 4.28. The van der Waals surface area contributed by atoms with E-state index in [1.165, 1.54) is 25.3 Å². The minimum Gasteiger partial charge on any atom is -0.497 e. The molecule has 9 heteroatoms. The van der Waals surface area contributed by atoms with Crippen molar-refractivity contribution in [3.8, 4) is 5.75 Å². The molecule has 0 saturated carbocycles. The van der Waals surface area contributed by atoms with E-state index in [4.69, 9.17) is 4.74 Å². The summed E-state index contributed by atoms with van der Waals surface area (Å²) in [6.45, 7) is 0. The topological polar surface area (TPSA) is 99.2 Å². The first kappa shape index (κ1) is 23.3. The Morgan fingerprint density at radius 1 is 1.00 bits per heavy atom. The Balaban J connectivity index is 1.88. The Labute approximate surface area is 187 Å². The van der Waals surface area contributed by atoms with Gasteiger partial charge in [-0.3, -0.25) is 10.0 Å². The summed E-state index contributed by atoms with van der Waals surface area (Å²) < 4.78 is 31.3. The summed E-state index contributed by atoms with van der Waals surface area (Å²) in [5, 5.41) is 10.2. The van der Waals surface area contributed by atoms with Crippen molar-refractivity contribution in [2.45, 2.75) is 11.3 Å². The molecule has 0 aromatic heterocycles. The van der Waals surface area contributed by atoms with Crippen LogP contribution in [0.15, 0.2) is 77.7 Å². The third-order valence-electron chi connectivity index (χ3n) is 4.80. The Kier molecular flexibility index (Phi) is 7.14. The molecular weight excluding hydrogens is 430 g/mol. The monoisotopic (exact) mass is 455 g/mol. The molecule has 0 saturated heterocycles. The Morgan fingerprint density at radius 3 is 2.38 bits per heavy atom. The number of ether oxygens (including phenoxy) is 1. The third-order valence-corrected chi connectivity index (χ3v) is 6.19. The zero-order valence-electron chi connectivity index (χ0n) is 18.0. The van der Waals surface area contributed by atoms with Crippen LogP contribution in [0.5, 0.6) is 5.75 Å². The second-order valence-electron chi connectivity index (χ2n) is 7.29. The van der Waals surface area contributed by atoms with E-state index in [0.29, 0.717) is 17.7 Å². The first-order valence-corrected chi connectivity index (χ1v) is 11.2. The van der Waals surface area contributed by atoms with Gasteiger partial charge in [-0.1, -0.05) is 41.2 Å². The fraction of sp³-hybridized carbons (Fsp3) is 0.174. The maximum atomic E-state index is 13.1. The molecule has 3 rings (SSSR count). The molecule has 0 aliphatic rings. The van der Waals surface area contributed by atoms with E-state index in [1.807, 2.05) is 35.2 Å². The summed E-state index contributed by atoms with van der Waals surface area (Å²) >= 11 is 0. The molecule has 32 heavy (non-hydrogen) atoms. The maximum absolute atomic E-state index is 13.1. The van der Waals surface area contributed by atoms with E-state index >= 15 is 0 Å². The molecule has 3 aromatic carbocycles. The molecule has 0 aliphatic carbocycles. The second kappa shape index (κ2) is 9.82. The molecule has 1 amide bonds. The van der Waals surface area contributed by atoms with Gasteiger partial charge in [0, 0.05) is 25.3 Å². The zero-order chi connectivity index (χ0) is 23.3. The van der Waals surface area contributed by atoms with Gasteiger partial charge in [-0.05, 0) is 53.9 Å². The van der Waals surface area contributed by atoms with Crippen LogP contribution in [0.2, 0.25) is 0 Å². The van der Waals surface area contributed by atoms with Gasteiger partial charge in [0.25, 0.3) is 15.9 Å². The van der Waals surface area contributed by atoms with Crippen LogP contribution in [0.1, 0.15) is 21.5 Å². The fourth-order valence-electron chi connectivity index (χ4n) is 3.14. The van der Waals surface area contributed by atoms with Crippen LogP contribution in [-0.4, -0.2) is 45.9 Å². The van der Waals surface area contributed by atoms with Gasteiger partial charge >= 0.3 is 0 Å². The molecule has 3 aromatic rings. The van der Waals surface area contributed by atoms with Crippen molar-refractivity contribution in [3.05, 3.63) is 89.5 Å². The number of anilines is 1. The van der Waals surface area contributed by atoms with E-state index in [0.717, 1.165) is 11.3 Å². The Bertz CT molecular complexity index is 1200. The second-order valence-corrected chi connectivity index (χ2v) is 8.92. The minimum absolute atomic E-state index is 0.0133. The highest BCUT2D eigenvalue weighted by molar-refractivity contribution is 7.89. The van der Waals surface area contributed by atoms with Crippen molar-refractivity contribution >= 4 is 21.6 Å². The lowest BCUT2D eigenvalue weighted by Gasteiger charge is -2.19. The van der Waals surface area contributed by atoms with Crippen LogP contribution >= 0.6 is 0 Å². The summed E-state index contributed by atoms with van der Waals surface area (Å²) in [5.74, 6) is -0.414. The van der Waals surface area contributed by atoms with E-state index in [1.54, 1.807) is 43.3 Å². The number of methoxy groups -OCH3 is 1. The van der Waals surface area contributed by atoms with Crippen LogP contribution in [0.3, 0.4) is 0 Å². The molecule has 0 spiro atoms. The number of hydroxylamine groups is 1. The predicted octanol–water partition coefficient (Wildman–Crippen LogP) is 3.08. The van der Waals surface area contributed by atoms with Crippen molar-refractivity contribution in [1.82, 2.24) is 10.0 Å². The number of nitrogens with one attached hydrogen (secondary N) is 1. The molecular formula is C23H25N3O5S. The van der Waals surface area contributed by atoms with Crippen LogP contribution in [0, 0.1) is 0 Å². The van der Waals surface area contributed by atoms with Gasteiger partial charge in [-0.2, -0.15) is 0 Å². The lowest BCUT2D eigenvalue weighted by Crippen LogP contribution is -2.44. The van der Waals surface area contributed by atoms with Gasteiger partial charge in [0.05, 0.1) is 12.0 Å². The van der Waals surface area contributed by atoms with Crippen LogP contribution in [0.25, 0.3) is 0 Å². The summed E-state index contributed by atoms with van der Waals surface area (Å²) in [6, 6.07) is 20.3. The molecule has 0 bridgehead atoms. The number of amides is 1. The SMILES string of the molecule is COc1ccc(S(=O)(=O)NN(O)C(=O)c2cccc(N(C)C)c2)c(Cc2ccccc2)c1. The average molecular weight is 456 g/mol. The van der Waals surface area contributed by atoms with Gasteiger partial charge in [-0.15, -0.1) is 5.17 Å². The smallest absolute Gasteiger partial charge is 0.293 e. The number of hydrogen-bond acceptors (Lipinski definition) is 6. The van der Waals surface area contributed by atoms with E-state index < -0.39 is 15.9 Å². The first-order valence-electron chi connectivity index (χ1n) is 9.75. The zero-order valence-corrected chi connectivity index (χ0v) is 18.8. The lowest BCUT2D eigenvalue weighted by molar-refractivity contribution is -0.0761. The van der Waals surface area contributed by atoms with E-state index in [2.05, 4.69) is 0 Å². The predicted molar refractivity (Wildman–Crippen MR) is 121 cm³/mol. The lowest BCUT2D eigenvalue weighted by atomic mass is 10.0. The highest BCUT2D eigenvalue weighted by atomic mass is 32.2. The van der Waals surface area contributed by atoms with Crippen molar-refractivity contribution in [1.29, 1.82) is 0 Å². The number of sulfonamides is 1. The number of rotatable bonds is 8. The molecule has 8 nitrogen and oxygen atoms in total. The quantitative estimate of drug-likeness (QED) is 0.400. The van der Waals surface area contributed by atoms with Crippen LogP contribution in [-0.2, 0) is 16.4 Å². The summed E-state index contributed by atoms with van der Waals surface area (Å²) in [5.41, 5.74) is 2.21. The van der Waals surface area contributed by atoms with Crippen molar-refractivity contribution in [3.63, 3.8) is 0 Å². The summed E-state index contributed by atoms with van der Waals surface area (Å²) in [6.07, 6.45) is 0.318. The first-order chi connectivity index (χ1) is 15.2. The van der Waals surface area contributed by atoms with Gasteiger partial charge in [0.1, 0.15) is 5.75 Å². The largest absolute Gasteiger partial charge is 0.497 e. The van der Waals surface area contributed by atoms with E-state index in [9.17, 15) is 18.4 Å². The normalized spacial score (nSPS) is 11.1. The highest BCUT2D eigenvalue weighted by Gasteiger charge is 2.25. The minimum atomic E-state index is -4.28. The Morgan fingerprint density at radius 2 is 1.72 bits per heavy atom. The van der Waals surface area contributed by atoms with Gasteiger partial charge in [0.15, 0.2) is 0 Å². The van der Waals surface area contributed by atoms with Crippen molar-refractivity contribution in [2.24, 2.45) is 0 Å². The number of hydrogen-bond donors (Lipinski definition) is 2. The van der Waals surface area contributed by atoms with Gasteiger partial charge < -0.3 is 9.64 Å². The van der Waals surface area contributed by atoms with Crippen molar-refractivity contribution in [2.75, 3.05) is 26.1 Å². The highest BCUT2D eigenvalue weighted by Crippen LogP contribution is 2.25. The summed E-state index contributed by atoms with van der Waals surface area (Å²) in [7, 11) is 0.828. The van der Waals surface area contributed by atoms with E-state index in [-0.39, 0.29) is 15.6 Å². The maximum Gasteiger partial charge on any atom is 0.293 e. The van der Waals surface area contributed by atoms with Crippen LogP contribution in [0.4, 0.5) is 5.69 Å². The number of carbonyl (C=O) groups is 1. The third kappa shape index (κ3) is 5.44. The number of nitrogens with zero attached hydrogens (tertiary/aromatic N) is 2. The number of benzene rings is 3. The summed E-state index contributed by atoms with van der Waals surface area (Å²) in [4.78, 5) is 16.3. The molecule has 0 aliphatic heterocycles. The van der Waals surface area contributed by atoms with Gasteiger partial charge in [0.2, 0.25) is 0 Å². The molecule has 0 unspecified atom stereocenters. The number of carbonyl (C=O) groups excluding carboxylic acids is 1. The molecule has 2 N–H and O–H groups in total. The standard InChI is InChI=1S/C23H25N3O5S/c1-25(2)20-11-7-10-18(15-20)23(27)26(28)24-32(29,30)22-13-12-21(31-3)16-19(22)14-17-8-5-4-6-9-17/h4-13,15-16,24,28H,14H2,1-3H3.